The smallest absolute Gasteiger partial charge is 0.0793 e. The first-order valence-corrected chi connectivity index (χ1v) is 5.88. The molecule has 0 heterocycles. The molecule has 2 heteroatoms. The molecule has 15 heavy (non-hydrogen) atoms. The molecule has 0 bridgehead atoms. The lowest BCUT2D eigenvalue weighted by Crippen LogP contribution is -1.98. The maximum Gasteiger partial charge on any atom is 0.0793 e. The molecule has 1 unspecified atom stereocenters. The molecule has 0 radical (unpaired) electrons. The van der Waals surface area contributed by atoms with E-state index in [0.717, 1.165) is 34.0 Å². The SMILES string of the molecule is C=C(C)CCC(O)c1ccc(Br)c(C)c1. The van der Waals surface area contributed by atoms with Crippen molar-refractivity contribution < 1.29 is 5.11 Å². The van der Waals surface area contributed by atoms with Crippen molar-refractivity contribution in [1.82, 2.24) is 0 Å². The van der Waals surface area contributed by atoms with Crippen LogP contribution in [0.1, 0.15) is 37.0 Å². The number of hydrogen-bond acceptors (Lipinski definition) is 1. The van der Waals surface area contributed by atoms with Gasteiger partial charge >= 0.3 is 0 Å². The number of aliphatic hydroxyl groups is 1. The molecule has 1 aromatic carbocycles. The van der Waals surface area contributed by atoms with Crippen LogP contribution in [0.5, 0.6) is 0 Å². The topological polar surface area (TPSA) is 20.2 Å². The first kappa shape index (κ1) is 12.5. The Labute approximate surface area is 100.0 Å². The fourth-order valence-corrected chi connectivity index (χ4v) is 1.67. The molecule has 0 aliphatic heterocycles. The van der Waals surface area contributed by atoms with Gasteiger partial charge in [-0.15, -0.1) is 6.58 Å². The summed E-state index contributed by atoms with van der Waals surface area (Å²) in [5.74, 6) is 0. The molecule has 1 rings (SSSR count). The Morgan fingerprint density at radius 3 is 2.73 bits per heavy atom. The van der Waals surface area contributed by atoms with Crippen molar-refractivity contribution >= 4 is 15.9 Å². The van der Waals surface area contributed by atoms with Gasteiger partial charge in [0.25, 0.3) is 0 Å². The highest BCUT2D eigenvalue weighted by molar-refractivity contribution is 9.10. The number of aryl methyl sites for hydroxylation is 1. The summed E-state index contributed by atoms with van der Waals surface area (Å²) < 4.78 is 1.08. The van der Waals surface area contributed by atoms with Crippen molar-refractivity contribution in [2.45, 2.75) is 32.8 Å². The minimum Gasteiger partial charge on any atom is -0.388 e. The van der Waals surface area contributed by atoms with E-state index in [1.807, 2.05) is 32.0 Å². The fraction of sp³-hybridized carbons (Fsp3) is 0.385. The van der Waals surface area contributed by atoms with Gasteiger partial charge in [-0.25, -0.2) is 0 Å². The Kier molecular flexibility index (Phi) is 4.55. The van der Waals surface area contributed by atoms with Gasteiger partial charge in [-0.1, -0.05) is 33.6 Å². The van der Waals surface area contributed by atoms with Crippen molar-refractivity contribution in [3.8, 4) is 0 Å². The Morgan fingerprint density at radius 1 is 1.53 bits per heavy atom. The number of allylic oxidation sites excluding steroid dienone is 1. The zero-order valence-electron chi connectivity index (χ0n) is 9.26. The summed E-state index contributed by atoms with van der Waals surface area (Å²) >= 11 is 3.44. The molecule has 82 valence electrons. The number of halogens is 1. The molecule has 0 saturated heterocycles. The van der Waals surface area contributed by atoms with Gasteiger partial charge in [-0.3, -0.25) is 0 Å². The van der Waals surface area contributed by atoms with Gasteiger partial charge in [0.2, 0.25) is 0 Å². The van der Waals surface area contributed by atoms with Gasteiger partial charge in [-0.05, 0) is 43.9 Å². The van der Waals surface area contributed by atoms with E-state index in [9.17, 15) is 5.11 Å². The van der Waals surface area contributed by atoms with E-state index in [1.165, 1.54) is 0 Å². The van der Waals surface area contributed by atoms with E-state index in [1.54, 1.807) is 0 Å². The molecule has 1 atom stereocenters. The third-order valence-electron chi connectivity index (χ3n) is 2.41. The number of rotatable bonds is 4. The molecule has 0 aromatic heterocycles. The quantitative estimate of drug-likeness (QED) is 0.814. The minimum absolute atomic E-state index is 0.381. The average Bonchev–Trinajstić information content (AvgIpc) is 2.18. The molecule has 1 nitrogen and oxygen atoms in total. The lowest BCUT2D eigenvalue weighted by molar-refractivity contribution is 0.168. The first-order chi connectivity index (χ1) is 7.00. The maximum atomic E-state index is 9.93. The third kappa shape index (κ3) is 3.80. The van der Waals surface area contributed by atoms with Crippen LogP contribution in [0.15, 0.2) is 34.8 Å². The number of hydrogen-bond donors (Lipinski definition) is 1. The van der Waals surface area contributed by atoms with Crippen LogP contribution in [0, 0.1) is 6.92 Å². The normalized spacial score (nSPS) is 12.5. The number of benzene rings is 1. The molecule has 1 aromatic rings. The van der Waals surface area contributed by atoms with Crippen molar-refractivity contribution in [3.05, 3.63) is 46.0 Å². The highest BCUT2D eigenvalue weighted by Crippen LogP contribution is 2.24. The van der Waals surface area contributed by atoms with Gasteiger partial charge in [-0.2, -0.15) is 0 Å². The van der Waals surface area contributed by atoms with Gasteiger partial charge in [0.15, 0.2) is 0 Å². The monoisotopic (exact) mass is 268 g/mol. The van der Waals surface area contributed by atoms with Gasteiger partial charge < -0.3 is 5.11 Å². The van der Waals surface area contributed by atoms with E-state index in [2.05, 4.69) is 22.5 Å². The molecular formula is C13H17BrO. The van der Waals surface area contributed by atoms with Crippen LogP contribution in [-0.2, 0) is 0 Å². The lowest BCUT2D eigenvalue weighted by atomic mass is 10.0. The summed E-state index contributed by atoms with van der Waals surface area (Å²) in [6.07, 6.45) is 1.24. The van der Waals surface area contributed by atoms with Crippen molar-refractivity contribution in [1.29, 1.82) is 0 Å². The highest BCUT2D eigenvalue weighted by Gasteiger charge is 2.08. The van der Waals surface area contributed by atoms with E-state index in [-0.39, 0.29) is 6.10 Å². The lowest BCUT2D eigenvalue weighted by Gasteiger charge is -2.12. The largest absolute Gasteiger partial charge is 0.388 e. The second-order valence-electron chi connectivity index (χ2n) is 4.02. The zero-order chi connectivity index (χ0) is 11.4. The summed E-state index contributed by atoms with van der Waals surface area (Å²) in [5.41, 5.74) is 3.25. The summed E-state index contributed by atoms with van der Waals surface area (Å²) in [6.45, 7) is 7.85. The van der Waals surface area contributed by atoms with Crippen LogP contribution in [0.4, 0.5) is 0 Å². The van der Waals surface area contributed by atoms with Gasteiger partial charge in [0.1, 0.15) is 0 Å². The predicted octanol–water partition coefficient (Wildman–Crippen LogP) is 4.15. The van der Waals surface area contributed by atoms with E-state index < -0.39 is 0 Å². The molecule has 0 spiro atoms. The average molecular weight is 269 g/mol. The first-order valence-electron chi connectivity index (χ1n) is 5.09. The van der Waals surface area contributed by atoms with Crippen LogP contribution >= 0.6 is 15.9 Å². The molecule has 0 amide bonds. The standard InChI is InChI=1S/C13H17BrO/c1-9(2)4-7-13(15)11-5-6-12(14)10(3)8-11/h5-6,8,13,15H,1,4,7H2,2-3H3. The predicted molar refractivity (Wildman–Crippen MR) is 67.9 cm³/mol. The third-order valence-corrected chi connectivity index (χ3v) is 3.30. The Bertz CT molecular complexity index is 358. The summed E-state index contributed by atoms with van der Waals surface area (Å²) in [6, 6.07) is 5.96. The second kappa shape index (κ2) is 5.47. The van der Waals surface area contributed by atoms with Crippen LogP contribution < -0.4 is 0 Å². The van der Waals surface area contributed by atoms with Gasteiger partial charge in [0.05, 0.1) is 6.10 Å². The van der Waals surface area contributed by atoms with Crippen LogP contribution in [0.2, 0.25) is 0 Å². The van der Waals surface area contributed by atoms with Crippen LogP contribution in [-0.4, -0.2) is 5.11 Å². The summed E-state index contributed by atoms with van der Waals surface area (Å²) in [5, 5.41) is 9.93. The molecular weight excluding hydrogens is 252 g/mol. The fourth-order valence-electron chi connectivity index (χ4n) is 1.42. The van der Waals surface area contributed by atoms with Crippen LogP contribution in [0.25, 0.3) is 0 Å². The summed E-state index contributed by atoms with van der Waals surface area (Å²) in [7, 11) is 0. The number of aliphatic hydroxyl groups excluding tert-OH is 1. The molecule has 0 aliphatic rings. The van der Waals surface area contributed by atoms with E-state index in [4.69, 9.17) is 0 Å². The Hall–Kier alpha value is -0.600. The van der Waals surface area contributed by atoms with E-state index in [0.29, 0.717) is 0 Å². The summed E-state index contributed by atoms with van der Waals surface area (Å²) in [4.78, 5) is 0. The van der Waals surface area contributed by atoms with Crippen molar-refractivity contribution in [3.63, 3.8) is 0 Å². The minimum atomic E-state index is -0.381. The highest BCUT2D eigenvalue weighted by atomic mass is 79.9. The maximum absolute atomic E-state index is 9.93. The Balaban J connectivity index is 2.69. The Morgan fingerprint density at radius 2 is 2.20 bits per heavy atom. The van der Waals surface area contributed by atoms with E-state index >= 15 is 0 Å². The molecule has 0 saturated carbocycles. The molecule has 1 N–H and O–H groups in total. The van der Waals surface area contributed by atoms with Crippen molar-refractivity contribution in [2.24, 2.45) is 0 Å². The molecule has 0 fully saturated rings. The van der Waals surface area contributed by atoms with Crippen molar-refractivity contribution in [2.75, 3.05) is 0 Å². The zero-order valence-corrected chi connectivity index (χ0v) is 10.8. The van der Waals surface area contributed by atoms with Gasteiger partial charge in [0, 0.05) is 4.47 Å². The molecule has 0 aliphatic carbocycles. The second-order valence-corrected chi connectivity index (χ2v) is 4.87. The van der Waals surface area contributed by atoms with Crippen LogP contribution in [0.3, 0.4) is 0 Å².